The fourth-order valence-corrected chi connectivity index (χ4v) is 2.26. The van der Waals surface area contributed by atoms with Crippen LogP contribution >= 0.6 is 11.6 Å². The quantitative estimate of drug-likeness (QED) is 0.724. The Morgan fingerprint density at radius 2 is 2.05 bits per heavy atom. The molecule has 1 heterocycles. The number of halogens is 2. The molecule has 0 aliphatic rings. The second-order valence-electron chi connectivity index (χ2n) is 4.24. The monoisotopic (exact) mass is 289 g/mol. The van der Waals surface area contributed by atoms with E-state index < -0.39 is 0 Å². The minimum Gasteiger partial charge on any atom is -0.324 e. The standard InChI is InChI=1S/C14H9ClFN3O/c15-10-3-9(4-11(16)6-10)8-1-2-12-13(5-8)19-14(18-12)17-7-20/h1-7H,(H2,17,18,19,20). The summed E-state index contributed by atoms with van der Waals surface area (Å²) in [6.07, 6.45) is 0.547. The lowest BCUT2D eigenvalue weighted by molar-refractivity contribution is -0.105. The highest BCUT2D eigenvalue weighted by molar-refractivity contribution is 6.30. The highest BCUT2D eigenvalue weighted by Gasteiger charge is 2.06. The fourth-order valence-electron chi connectivity index (χ4n) is 2.03. The van der Waals surface area contributed by atoms with Gasteiger partial charge in [0.05, 0.1) is 11.0 Å². The third-order valence-corrected chi connectivity index (χ3v) is 3.09. The molecule has 4 nitrogen and oxygen atoms in total. The number of imidazole rings is 1. The molecule has 0 atom stereocenters. The second-order valence-corrected chi connectivity index (χ2v) is 4.67. The van der Waals surface area contributed by atoms with Crippen LogP contribution in [0.4, 0.5) is 10.3 Å². The minimum atomic E-state index is -0.388. The van der Waals surface area contributed by atoms with E-state index >= 15 is 0 Å². The van der Waals surface area contributed by atoms with Gasteiger partial charge in [-0.1, -0.05) is 17.7 Å². The van der Waals surface area contributed by atoms with E-state index in [1.54, 1.807) is 12.1 Å². The van der Waals surface area contributed by atoms with E-state index in [1.165, 1.54) is 12.1 Å². The van der Waals surface area contributed by atoms with E-state index in [4.69, 9.17) is 11.6 Å². The van der Waals surface area contributed by atoms with Gasteiger partial charge in [-0.2, -0.15) is 0 Å². The first kappa shape index (κ1) is 12.6. The maximum atomic E-state index is 13.4. The van der Waals surface area contributed by atoms with Crippen LogP contribution in [0.3, 0.4) is 0 Å². The number of anilines is 1. The summed E-state index contributed by atoms with van der Waals surface area (Å²) in [5, 5.41) is 2.79. The van der Waals surface area contributed by atoms with Crippen molar-refractivity contribution in [3.8, 4) is 11.1 Å². The number of rotatable bonds is 3. The summed E-state index contributed by atoms with van der Waals surface area (Å²) in [4.78, 5) is 17.5. The first-order valence-electron chi connectivity index (χ1n) is 5.82. The molecule has 0 aliphatic heterocycles. The van der Waals surface area contributed by atoms with Gasteiger partial charge in [-0.3, -0.25) is 10.1 Å². The summed E-state index contributed by atoms with van der Waals surface area (Å²) < 4.78 is 13.4. The minimum absolute atomic E-state index is 0.341. The van der Waals surface area contributed by atoms with Gasteiger partial charge in [0.2, 0.25) is 12.4 Å². The third-order valence-electron chi connectivity index (χ3n) is 2.87. The normalized spacial score (nSPS) is 10.7. The molecule has 6 heteroatoms. The van der Waals surface area contributed by atoms with Gasteiger partial charge in [0, 0.05) is 5.02 Å². The fraction of sp³-hybridized carbons (Fsp3) is 0. The lowest BCUT2D eigenvalue weighted by Crippen LogP contribution is -1.94. The Morgan fingerprint density at radius 1 is 1.20 bits per heavy atom. The number of H-pyrrole nitrogens is 1. The van der Waals surface area contributed by atoms with Crippen molar-refractivity contribution in [1.29, 1.82) is 0 Å². The summed E-state index contributed by atoms with van der Waals surface area (Å²) >= 11 is 5.85. The van der Waals surface area contributed by atoms with Crippen molar-refractivity contribution < 1.29 is 9.18 Å². The molecule has 0 radical (unpaired) electrons. The first-order valence-corrected chi connectivity index (χ1v) is 6.20. The van der Waals surface area contributed by atoms with Gasteiger partial charge in [-0.25, -0.2) is 9.37 Å². The molecular weight excluding hydrogens is 281 g/mol. The van der Waals surface area contributed by atoms with Gasteiger partial charge in [0.15, 0.2) is 0 Å². The van der Waals surface area contributed by atoms with Crippen molar-refractivity contribution in [3.63, 3.8) is 0 Å². The average Bonchev–Trinajstić information content (AvgIpc) is 2.79. The van der Waals surface area contributed by atoms with Gasteiger partial charge in [-0.15, -0.1) is 0 Å². The Labute approximate surface area is 118 Å². The Morgan fingerprint density at radius 3 is 2.80 bits per heavy atom. The number of carbonyl (C=O) groups is 1. The van der Waals surface area contributed by atoms with Crippen LogP contribution in [-0.2, 0) is 4.79 Å². The number of nitrogens with zero attached hydrogens (tertiary/aromatic N) is 1. The van der Waals surface area contributed by atoms with Crippen LogP contribution < -0.4 is 5.32 Å². The number of benzene rings is 2. The molecule has 20 heavy (non-hydrogen) atoms. The van der Waals surface area contributed by atoms with Crippen molar-refractivity contribution in [2.75, 3.05) is 5.32 Å². The van der Waals surface area contributed by atoms with Crippen LogP contribution in [0.1, 0.15) is 0 Å². The van der Waals surface area contributed by atoms with Gasteiger partial charge < -0.3 is 4.98 Å². The molecule has 1 aromatic heterocycles. The van der Waals surface area contributed by atoms with E-state index in [0.717, 1.165) is 11.1 Å². The van der Waals surface area contributed by atoms with E-state index in [1.807, 2.05) is 12.1 Å². The zero-order chi connectivity index (χ0) is 14.1. The molecule has 0 fully saturated rings. The molecule has 2 N–H and O–H groups in total. The Balaban J connectivity index is 2.09. The predicted octanol–water partition coefficient (Wildman–Crippen LogP) is 3.59. The van der Waals surface area contributed by atoms with E-state index in [0.29, 0.717) is 28.5 Å². The summed E-state index contributed by atoms with van der Waals surface area (Å²) in [5.74, 6) is -0.0232. The molecule has 3 rings (SSSR count). The molecule has 0 saturated carbocycles. The number of aromatic nitrogens is 2. The lowest BCUT2D eigenvalue weighted by Gasteiger charge is -2.03. The summed E-state index contributed by atoms with van der Waals surface area (Å²) in [7, 11) is 0. The van der Waals surface area contributed by atoms with Gasteiger partial charge in [0.1, 0.15) is 5.82 Å². The van der Waals surface area contributed by atoms with E-state index in [2.05, 4.69) is 15.3 Å². The van der Waals surface area contributed by atoms with Gasteiger partial charge in [-0.05, 0) is 41.5 Å². The molecule has 0 saturated heterocycles. The second kappa shape index (κ2) is 4.94. The largest absolute Gasteiger partial charge is 0.324 e. The molecule has 3 aromatic rings. The van der Waals surface area contributed by atoms with Crippen LogP contribution in [0, 0.1) is 5.82 Å². The SMILES string of the molecule is O=CNc1nc2ccc(-c3cc(F)cc(Cl)c3)cc2[nH]1. The molecule has 100 valence electrons. The maximum Gasteiger partial charge on any atom is 0.213 e. The Hall–Kier alpha value is -2.40. The van der Waals surface area contributed by atoms with E-state index in [9.17, 15) is 9.18 Å². The van der Waals surface area contributed by atoms with Crippen LogP contribution in [0.15, 0.2) is 36.4 Å². The number of hydrogen-bond acceptors (Lipinski definition) is 2. The molecule has 1 amide bonds. The van der Waals surface area contributed by atoms with Crippen molar-refractivity contribution in [1.82, 2.24) is 9.97 Å². The zero-order valence-electron chi connectivity index (χ0n) is 10.2. The van der Waals surface area contributed by atoms with Crippen LogP contribution in [0.5, 0.6) is 0 Å². The topological polar surface area (TPSA) is 57.8 Å². The van der Waals surface area contributed by atoms with Crippen LogP contribution in [-0.4, -0.2) is 16.4 Å². The number of aromatic amines is 1. The maximum absolute atomic E-state index is 13.4. The molecule has 2 aromatic carbocycles. The third kappa shape index (κ3) is 2.35. The van der Waals surface area contributed by atoms with Crippen LogP contribution in [0.25, 0.3) is 22.2 Å². The molecule has 0 bridgehead atoms. The molecule has 0 unspecified atom stereocenters. The van der Waals surface area contributed by atoms with E-state index in [-0.39, 0.29) is 5.82 Å². The summed E-state index contributed by atoms with van der Waals surface area (Å²) in [6.45, 7) is 0. The average molecular weight is 290 g/mol. The molecular formula is C14H9ClFN3O. The van der Waals surface area contributed by atoms with Crippen molar-refractivity contribution >= 4 is 35.0 Å². The van der Waals surface area contributed by atoms with Crippen LogP contribution in [0.2, 0.25) is 5.02 Å². The zero-order valence-corrected chi connectivity index (χ0v) is 10.9. The highest BCUT2D eigenvalue weighted by Crippen LogP contribution is 2.27. The Bertz CT molecular complexity index is 780. The number of nitrogens with one attached hydrogen (secondary N) is 2. The highest BCUT2D eigenvalue weighted by atomic mass is 35.5. The predicted molar refractivity (Wildman–Crippen MR) is 76.2 cm³/mol. The van der Waals surface area contributed by atoms with Crippen molar-refractivity contribution in [2.24, 2.45) is 0 Å². The number of hydrogen-bond donors (Lipinski definition) is 2. The molecule has 0 spiro atoms. The number of amides is 1. The summed E-state index contributed by atoms with van der Waals surface area (Å²) in [5.41, 5.74) is 2.93. The number of carbonyl (C=O) groups excluding carboxylic acids is 1. The van der Waals surface area contributed by atoms with Crippen molar-refractivity contribution in [3.05, 3.63) is 47.2 Å². The Kier molecular flexibility index (Phi) is 3.12. The smallest absolute Gasteiger partial charge is 0.213 e. The molecule has 0 aliphatic carbocycles. The van der Waals surface area contributed by atoms with Gasteiger partial charge in [0.25, 0.3) is 0 Å². The summed E-state index contributed by atoms with van der Waals surface area (Å²) in [6, 6.07) is 9.78. The number of fused-ring (bicyclic) bond motifs is 1. The lowest BCUT2D eigenvalue weighted by atomic mass is 10.1. The first-order chi connectivity index (χ1) is 9.65. The van der Waals surface area contributed by atoms with Crippen molar-refractivity contribution in [2.45, 2.75) is 0 Å². The van der Waals surface area contributed by atoms with Gasteiger partial charge >= 0.3 is 0 Å².